The lowest BCUT2D eigenvalue weighted by molar-refractivity contribution is 0.552. The van der Waals surface area contributed by atoms with Gasteiger partial charge in [-0.1, -0.05) is 41.1 Å². The molecule has 0 spiro atoms. The Balaban J connectivity index is 2.79. The summed E-state index contributed by atoms with van der Waals surface area (Å²) in [6.45, 7) is 2.49. The molecular formula is C11H13BrN2. The van der Waals surface area contributed by atoms with Gasteiger partial charge in [-0.15, -0.1) is 0 Å². The van der Waals surface area contributed by atoms with Crippen molar-refractivity contribution in [3.63, 3.8) is 0 Å². The average molecular weight is 253 g/mol. The highest BCUT2D eigenvalue weighted by atomic mass is 79.9. The van der Waals surface area contributed by atoms with E-state index in [0.717, 1.165) is 10.9 Å². The molecule has 1 atom stereocenters. The number of hydrogen-bond acceptors (Lipinski definition) is 2. The summed E-state index contributed by atoms with van der Waals surface area (Å²) in [6, 6.07) is 10.4. The number of nitrogens with one attached hydrogen (secondary N) is 1. The Morgan fingerprint density at radius 2 is 2.21 bits per heavy atom. The molecule has 1 N–H and O–H groups in total. The Morgan fingerprint density at radius 3 is 2.79 bits per heavy atom. The second-order valence-electron chi connectivity index (χ2n) is 3.02. The van der Waals surface area contributed by atoms with Crippen molar-refractivity contribution in [2.45, 2.75) is 19.4 Å². The van der Waals surface area contributed by atoms with Gasteiger partial charge in [0.15, 0.2) is 0 Å². The van der Waals surface area contributed by atoms with E-state index in [0.29, 0.717) is 6.54 Å². The quantitative estimate of drug-likeness (QED) is 0.837. The highest BCUT2D eigenvalue weighted by molar-refractivity contribution is 9.10. The van der Waals surface area contributed by atoms with Crippen molar-refractivity contribution in [1.29, 1.82) is 5.26 Å². The van der Waals surface area contributed by atoms with Gasteiger partial charge in [0.2, 0.25) is 0 Å². The van der Waals surface area contributed by atoms with Gasteiger partial charge < -0.3 is 0 Å². The van der Waals surface area contributed by atoms with E-state index < -0.39 is 0 Å². The molecule has 0 unspecified atom stereocenters. The van der Waals surface area contributed by atoms with Crippen molar-refractivity contribution in [1.82, 2.24) is 5.32 Å². The van der Waals surface area contributed by atoms with Crippen LogP contribution < -0.4 is 5.32 Å². The summed E-state index contributed by atoms with van der Waals surface area (Å²) < 4.78 is 1.09. The Morgan fingerprint density at radius 1 is 1.50 bits per heavy atom. The fourth-order valence-electron chi connectivity index (χ4n) is 1.40. The molecule has 3 heteroatoms. The van der Waals surface area contributed by atoms with Crippen LogP contribution in [0.15, 0.2) is 28.7 Å². The predicted octanol–water partition coefficient (Wildman–Crippen LogP) is 3.01. The maximum Gasteiger partial charge on any atom is 0.0845 e. The van der Waals surface area contributed by atoms with Crippen molar-refractivity contribution in [2.75, 3.05) is 6.54 Å². The summed E-state index contributed by atoms with van der Waals surface area (Å²) >= 11 is 3.51. The van der Waals surface area contributed by atoms with E-state index in [2.05, 4.69) is 40.3 Å². The zero-order valence-corrected chi connectivity index (χ0v) is 9.71. The Hall–Kier alpha value is -0.850. The lowest BCUT2D eigenvalue weighted by Crippen LogP contribution is -2.21. The number of benzene rings is 1. The first kappa shape index (κ1) is 11.2. The lowest BCUT2D eigenvalue weighted by Gasteiger charge is -2.16. The molecule has 0 fully saturated rings. The minimum absolute atomic E-state index is 0.255. The highest BCUT2D eigenvalue weighted by Gasteiger charge is 2.10. The van der Waals surface area contributed by atoms with Crippen LogP contribution in [0.3, 0.4) is 0 Å². The van der Waals surface area contributed by atoms with Gasteiger partial charge in [-0.05, 0) is 18.1 Å². The summed E-state index contributed by atoms with van der Waals surface area (Å²) in [6.07, 6.45) is 0.976. The molecule has 74 valence electrons. The molecule has 0 bridgehead atoms. The fourth-order valence-corrected chi connectivity index (χ4v) is 1.96. The van der Waals surface area contributed by atoms with Crippen LogP contribution in [0.25, 0.3) is 0 Å². The molecule has 0 amide bonds. The normalized spacial score (nSPS) is 12.1. The fraction of sp³-hybridized carbons (Fsp3) is 0.364. The van der Waals surface area contributed by atoms with Gasteiger partial charge in [0.25, 0.3) is 0 Å². The molecule has 0 saturated carbocycles. The van der Waals surface area contributed by atoms with E-state index in [4.69, 9.17) is 5.26 Å². The van der Waals surface area contributed by atoms with E-state index >= 15 is 0 Å². The van der Waals surface area contributed by atoms with Gasteiger partial charge in [0.05, 0.1) is 12.6 Å². The van der Waals surface area contributed by atoms with Crippen molar-refractivity contribution >= 4 is 15.9 Å². The third-order valence-corrected chi connectivity index (χ3v) is 2.84. The van der Waals surface area contributed by atoms with Crippen LogP contribution in [0.2, 0.25) is 0 Å². The minimum atomic E-state index is 0.255. The van der Waals surface area contributed by atoms with Crippen LogP contribution in [0, 0.1) is 11.3 Å². The molecule has 0 saturated heterocycles. The second kappa shape index (κ2) is 5.79. The third kappa shape index (κ3) is 2.83. The minimum Gasteiger partial charge on any atom is -0.298 e. The molecule has 0 aliphatic carbocycles. The molecule has 2 nitrogen and oxygen atoms in total. The van der Waals surface area contributed by atoms with Crippen LogP contribution >= 0.6 is 15.9 Å². The van der Waals surface area contributed by atoms with E-state index in [1.165, 1.54) is 5.56 Å². The number of halogens is 1. The maximum atomic E-state index is 8.50. The Kier molecular flexibility index (Phi) is 4.64. The van der Waals surface area contributed by atoms with Gasteiger partial charge in [0, 0.05) is 10.5 Å². The van der Waals surface area contributed by atoms with Crippen LogP contribution in [0.5, 0.6) is 0 Å². The molecule has 14 heavy (non-hydrogen) atoms. The first-order chi connectivity index (χ1) is 6.79. The molecule has 0 aliphatic rings. The molecule has 1 aromatic rings. The van der Waals surface area contributed by atoms with E-state index in [-0.39, 0.29) is 6.04 Å². The number of rotatable bonds is 4. The molecule has 1 rings (SSSR count). The molecule has 0 aliphatic heterocycles. The van der Waals surface area contributed by atoms with Gasteiger partial charge in [-0.2, -0.15) is 5.26 Å². The summed E-state index contributed by atoms with van der Waals surface area (Å²) in [7, 11) is 0. The van der Waals surface area contributed by atoms with E-state index in [1.807, 2.05) is 18.2 Å². The summed E-state index contributed by atoms with van der Waals surface area (Å²) in [5, 5.41) is 11.7. The highest BCUT2D eigenvalue weighted by Crippen LogP contribution is 2.24. The first-order valence-corrected chi connectivity index (χ1v) is 5.43. The molecular weight excluding hydrogens is 240 g/mol. The average Bonchev–Trinajstić information content (AvgIpc) is 2.21. The van der Waals surface area contributed by atoms with Crippen LogP contribution in [-0.4, -0.2) is 6.54 Å². The van der Waals surface area contributed by atoms with Crippen LogP contribution in [0.1, 0.15) is 24.9 Å². The molecule has 0 aromatic heterocycles. The van der Waals surface area contributed by atoms with Gasteiger partial charge >= 0.3 is 0 Å². The van der Waals surface area contributed by atoms with E-state index in [9.17, 15) is 0 Å². The van der Waals surface area contributed by atoms with Gasteiger partial charge in [-0.3, -0.25) is 5.32 Å². The number of hydrogen-bond donors (Lipinski definition) is 1. The molecule has 0 heterocycles. The van der Waals surface area contributed by atoms with Gasteiger partial charge in [0.1, 0.15) is 0 Å². The third-order valence-electron chi connectivity index (χ3n) is 2.12. The topological polar surface area (TPSA) is 35.8 Å². The standard InChI is InChI=1S/C11H13BrN2/c1-2-11(14-8-7-13)9-5-3-4-6-10(9)12/h3-6,11,14H,2,8H2,1H3/t11-/m0/s1. The van der Waals surface area contributed by atoms with E-state index in [1.54, 1.807) is 0 Å². The van der Waals surface area contributed by atoms with Crippen LogP contribution in [0.4, 0.5) is 0 Å². The van der Waals surface area contributed by atoms with Crippen molar-refractivity contribution < 1.29 is 0 Å². The summed E-state index contributed by atoms with van der Waals surface area (Å²) in [4.78, 5) is 0. The smallest absolute Gasteiger partial charge is 0.0845 e. The Labute approximate surface area is 93.1 Å². The van der Waals surface area contributed by atoms with Crippen LogP contribution in [-0.2, 0) is 0 Å². The predicted molar refractivity (Wildman–Crippen MR) is 60.8 cm³/mol. The SMILES string of the molecule is CC[C@H](NCC#N)c1ccccc1Br. The maximum absolute atomic E-state index is 8.50. The number of nitrogens with zero attached hydrogens (tertiary/aromatic N) is 1. The largest absolute Gasteiger partial charge is 0.298 e. The zero-order valence-electron chi connectivity index (χ0n) is 8.13. The summed E-state index contributed by atoms with van der Waals surface area (Å²) in [5.74, 6) is 0. The van der Waals surface area contributed by atoms with Crippen molar-refractivity contribution in [3.05, 3.63) is 34.3 Å². The molecule has 1 aromatic carbocycles. The Bertz CT molecular complexity index is 330. The first-order valence-electron chi connectivity index (χ1n) is 4.64. The lowest BCUT2D eigenvalue weighted by atomic mass is 10.0. The molecule has 0 radical (unpaired) electrons. The van der Waals surface area contributed by atoms with Crippen molar-refractivity contribution in [3.8, 4) is 6.07 Å². The van der Waals surface area contributed by atoms with Gasteiger partial charge in [-0.25, -0.2) is 0 Å². The monoisotopic (exact) mass is 252 g/mol. The zero-order chi connectivity index (χ0) is 10.4. The summed E-state index contributed by atoms with van der Waals surface area (Å²) in [5.41, 5.74) is 1.21. The number of nitriles is 1. The second-order valence-corrected chi connectivity index (χ2v) is 3.88. The van der Waals surface area contributed by atoms with Crippen molar-refractivity contribution in [2.24, 2.45) is 0 Å².